The Morgan fingerprint density at radius 1 is 1.14 bits per heavy atom. The molecule has 3 aromatic rings. The number of nitrogens with one attached hydrogen (secondary N) is 1. The molecule has 8 heteroatoms. The van der Waals surface area contributed by atoms with Gasteiger partial charge >= 0.3 is 0 Å². The number of carbonyl (C=O) groups is 1. The van der Waals surface area contributed by atoms with Gasteiger partial charge < -0.3 is 5.32 Å². The molecule has 0 radical (unpaired) electrons. The molecule has 1 atom stereocenters. The largest absolute Gasteiger partial charge is 0.301 e. The van der Waals surface area contributed by atoms with Gasteiger partial charge in [-0.25, -0.2) is 15.0 Å². The number of nitrogens with zero attached hydrogens (tertiary/aromatic N) is 3. The van der Waals surface area contributed by atoms with Crippen LogP contribution < -0.4 is 5.32 Å². The van der Waals surface area contributed by atoms with E-state index in [4.69, 9.17) is 4.98 Å². The fourth-order valence-corrected chi connectivity index (χ4v) is 7.67. The number of carbonyl (C=O) groups excluding carboxylic acids is 1. The van der Waals surface area contributed by atoms with Gasteiger partial charge in [0.25, 0.3) is 0 Å². The lowest BCUT2D eigenvalue weighted by atomic mass is 9.89. The number of thiophene rings is 1. The van der Waals surface area contributed by atoms with Crippen LogP contribution in [-0.4, -0.2) is 26.6 Å². The van der Waals surface area contributed by atoms with Gasteiger partial charge in [0.15, 0.2) is 5.13 Å². The second-order valence-electron chi connectivity index (χ2n) is 8.04. The fourth-order valence-electron chi connectivity index (χ4n) is 4.21. The molecule has 2 aliphatic rings. The third-order valence-corrected chi connectivity index (χ3v) is 8.86. The Morgan fingerprint density at radius 3 is 2.86 bits per heavy atom. The number of hydrogen-bond acceptors (Lipinski definition) is 7. The molecular weight excluding hydrogens is 420 g/mol. The first-order chi connectivity index (χ1) is 14.1. The van der Waals surface area contributed by atoms with Gasteiger partial charge in [0.2, 0.25) is 5.91 Å². The maximum absolute atomic E-state index is 12.6. The van der Waals surface area contributed by atoms with Crippen LogP contribution in [0.3, 0.4) is 0 Å². The summed E-state index contributed by atoms with van der Waals surface area (Å²) in [5.74, 6) is 1.84. The van der Waals surface area contributed by atoms with Gasteiger partial charge in [0.1, 0.15) is 15.7 Å². The molecule has 1 amide bonds. The molecule has 0 bridgehead atoms. The molecule has 0 aliphatic heterocycles. The highest BCUT2D eigenvalue weighted by atomic mass is 32.2. The minimum atomic E-state index is -0.0109. The van der Waals surface area contributed by atoms with Crippen molar-refractivity contribution in [2.45, 2.75) is 63.8 Å². The number of rotatable bonds is 4. The van der Waals surface area contributed by atoms with E-state index in [9.17, 15) is 4.79 Å². The van der Waals surface area contributed by atoms with Crippen LogP contribution in [0.2, 0.25) is 0 Å². The summed E-state index contributed by atoms with van der Waals surface area (Å²) >= 11 is 4.97. The quantitative estimate of drug-likeness (QED) is 0.443. The van der Waals surface area contributed by atoms with E-state index in [0.717, 1.165) is 52.4 Å². The zero-order valence-electron chi connectivity index (χ0n) is 16.7. The van der Waals surface area contributed by atoms with E-state index in [0.29, 0.717) is 5.75 Å². The van der Waals surface area contributed by atoms with E-state index in [2.05, 4.69) is 22.2 Å². The van der Waals surface area contributed by atoms with Crippen LogP contribution in [0.15, 0.2) is 5.03 Å². The lowest BCUT2D eigenvalue weighted by Gasteiger charge is -2.18. The van der Waals surface area contributed by atoms with Crippen molar-refractivity contribution in [1.29, 1.82) is 0 Å². The second-order valence-corrected chi connectivity index (χ2v) is 11.2. The van der Waals surface area contributed by atoms with Crippen molar-refractivity contribution >= 4 is 55.7 Å². The average Bonchev–Trinajstić information content (AvgIpc) is 3.25. The number of thiazole rings is 1. The topological polar surface area (TPSA) is 67.8 Å². The molecule has 0 fully saturated rings. The van der Waals surface area contributed by atoms with Crippen LogP contribution in [0.5, 0.6) is 0 Å². The highest BCUT2D eigenvalue weighted by Crippen LogP contribution is 2.41. The zero-order valence-corrected chi connectivity index (χ0v) is 19.2. The number of fused-ring (bicyclic) bond motifs is 4. The minimum Gasteiger partial charge on any atom is -0.301 e. The van der Waals surface area contributed by atoms with Crippen molar-refractivity contribution < 1.29 is 4.79 Å². The molecule has 0 spiro atoms. The summed E-state index contributed by atoms with van der Waals surface area (Å²) in [5, 5.41) is 5.88. The van der Waals surface area contributed by atoms with E-state index in [-0.39, 0.29) is 5.91 Å². The zero-order chi connectivity index (χ0) is 20.0. The highest BCUT2D eigenvalue weighted by molar-refractivity contribution is 8.00. The molecule has 5 rings (SSSR count). The van der Waals surface area contributed by atoms with E-state index in [1.54, 1.807) is 11.3 Å². The molecule has 0 aromatic carbocycles. The Balaban J connectivity index is 1.33. The number of aromatic nitrogens is 3. The predicted molar refractivity (Wildman–Crippen MR) is 121 cm³/mol. The van der Waals surface area contributed by atoms with E-state index >= 15 is 0 Å². The Labute approximate surface area is 182 Å². The Hall–Kier alpha value is -1.51. The molecule has 0 unspecified atom stereocenters. The normalized spacial score (nSPS) is 18.5. The predicted octanol–water partition coefficient (Wildman–Crippen LogP) is 5.19. The monoisotopic (exact) mass is 444 g/mol. The standard InChI is InChI=1S/C21H24N4OS3/c1-11-7-8-13-16(9-11)28-20-18(13)19(22-12(2)23-20)27-10-17(26)25-21-24-14-5-3-4-6-15(14)29-21/h11H,3-10H2,1-2H3,(H,24,25,26)/t11-/m0/s1. The van der Waals surface area contributed by atoms with Crippen LogP contribution in [0.4, 0.5) is 5.13 Å². The SMILES string of the molecule is Cc1nc(SCC(=O)Nc2nc3c(s2)CCCC3)c2c3c(sc2n1)C[C@@H](C)CC3. The molecule has 5 nitrogen and oxygen atoms in total. The van der Waals surface area contributed by atoms with E-state index in [1.807, 2.05) is 18.3 Å². The first-order valence-electron chi connectivity index (χ1n) is 10.3. The summed E-state index contributed by atoms with van der Waals surface area (Å²) in [7, 11) is 0. The second kappa shape index (κ2) is 7.96. The molecule has 1 N–H and O–H groups in total. The lowest BCUT2D eigenvalue weighted by Crippen LogP contribution is -2.14. The van der Waals surface area contributed by atoms with E-state index < -0.39 is 0 Å². The lowest BCUT2D eigenvalue weighted by molar-refractivity contribution is -0.113. The van der Waals surface area contributed by atoms with Crippen LogP contribution in [-0.2, 0) is 30.5 Å². The van der Waals surface area contributed by atoms with Gasteiger partial charge in [-0.3, -0.25) is 4.79 Å². The maximum atomic E-state index is 12.6. The van der Waals surface area contributed by atoms with Gasteiger partial charge in [-0.15, -0.1) is 22.7 Å². The molecule has 3 heterocycles. The van der Waals surface area contributed by atoms with Crippen molar-refractivity contribution in [3.05, 3.63) is 26.8 Å². The van der Waals surface area contributed by atoms with Crippen molar-refractivity contribution in [3.8, 4) is 0 Å². The number of anilines is 1. The first kappa shape index (κ1) is 19.5. The summed E-state index contributed by atoms with van der Waals surface area (Å²) in [6, 6.07) is 0. The van der Waals surface area contributed by atoms with Crippen molar-refractivity contribution in [3.63, 3.8) is 0 Å². The molecule has 2 aliphatic carbocycles. The van der Waals surface area contributed by atoms with Crippen molar-refractivity contribution in [2.75, 3.05) is 11.1 Å². The van der Waals surface area contributed by atoms with Gasteiger partial charge in [-0.2, -0.15) is 0 Å². The third kappa shape index (κ3) is 3.94. The third-order valence-electron chi connectivity index (χ3n) is 5.67. The van der Waals surface area contributed by atoms with Crippen LogP contribution in [0.25, 0.3) is 10.2 Å². The summed E-state index contributed by atoms with van der Waals surface area (Å²) in [5.41, 5.74) is 2.59. The van der Waals surface area contributed by atoms with E-state index in [1.165, 1.54) is 57.4 Å². The molecule has 29 heavy (non-hydrogen) atoms. The van der Waals surface area contributed by atoms with Gasteiger partial charge in [0.05, 0.1) is 11.4 Å². The molecule has 152 valence electrons. The van der Waals surface area contributed by atoms with Gasteiger partial charge in [-0.05, 0) is 63.4 Å². The average molecular weight is 445 g/mol. The first-order valence-corrected chi connectivity index (χ1v) is 12.9. The number of aryl methyl sites for hydroxylation is 4. The Kier molecular flexibility index (Phi) is 5.34. The number of amides is 1. The summed E-state index contributed by atoms with van der Waals surface area (Å²) < 4.78 is 0. The molecular formula is C21H24N4OS3. The molecule has 0 saturated heterocycles. The van der Waals surface area contributed by atoms with Crippen molar-refractivity contribution in [2.24, 2.45) is 5.92 Å². The van der Waals surface area contributed by atoms with Crippen LogP contribution in [0.1, 0.15) is 53.0 Å². The van der Waals surface area contributed by atoms with Gasteiger partial charge in [-0.1, -0.05) is 18.7 Å². The minimum absolute atomic E-state index is 0.0109. The van der Waals surface area contributed by atoms with Gasteiger partial charge in [0, 0.05) is 15.1 Å². The smallest absolute Gasteiger partial charge is 0.236 e. The molecule has 0 saturated carbocycles. The number of hydrogen-bond donors (Lipinski definition) is 1. The fraction of sp³-hybridized carbons (Fsp3) is 0.524. The molecule has 3 aromatic heterocycles. The Bertz CT molecular complexity index is 1060. The summed E-state index contributed by atoms with van der Waals surface area (Å²) in [4.78, 5) is 30.5. The maximum Gasteiger partial charge on any atom is 0.236 e. The van der Waals surface area contributed by atoms with Crippen molar-refractivity contribution in [1.82, 2.24) is 15.0 Å². The van der Waals surface area contributed by atoms with Crippen LogP contribution >= 0.6 is 34.4 Å². The Morgan fingerprint density at radius 2 is 2.00 bits per heavy atom. The summed E-state index contributed by atoms with van der Waals surface area (Å²) in [6.45, 7) is 4.26. The highest BCUT2D eigenvalue weighted by Gasteiger charge is 2.24. The summed E-state index contributed by atoms with van der Waals surface area (Å²) in [6.07, 6.45) is 8.00. The van der Waals surface area contributed by atoms with Crippen LogP contribution in [0, 0.1) is 12.8 Å². The number of thioether (sulfide) groups is 1.